The quantitative estimate of drug-likeness (QED) is 0.370. The number of halogens is 2. The fourth-order valence-corrected chi connectivity index (χ4v) is 2.66. The summed E-state index contributed by atoms with van der Waals surface area (Å²) in [5.41, 5.74) is 11.8. The maximum absolute atomic E-state index is 6.60. The van der Waals surface area contributed by atoms with E-state index < -0.39 is 0 Å². The molecular formula is C21H27Cl2NTi. The minimum atomic E-state index is 0. The Hall–Kier alpha value is -0.696. The Balaban J connectivity index is 0. The molecule has 1 nitrogen and oxygen atoms in total. The Morgan fingerprint density at radius 2 is 1.76 bits per heavy atom. The van der Waals surface area contributed by atoms with Crippen LogP contribution in [0.5, 0.6) is 0 Å². The zero-order valence-corrected chi connectivity index (χ0v) is 18.2. The molecule has 4 heteroatoms. The van der Waals surface area contributed by atoms with Gasteiger partial charge in [0.25, 0.3) is 0 Å². The molecule has 1 aliphatic rings. The van der Waals surface area contributed by atoms with E-state index in [0.29, 0.717) is 6.54 Å². The van der Waals surface area contributed by atoms with Gasteiger partial charge in [0.05, 0.1) is 0 Å². The van der Waals surface area contributed by atoms with E-state index >= 15 is 0 Å². The summed E-state index contributed by atoms with van der Waals surface area (Å²) in [6.45, 7) is 9.09. The van der Waals surface area contributed by atoms with Gasteiger partial charge in [-0.05, 0) is 13.3 Å². The molecule has 134 valence electrons. The molecule has 0 amide bonds. The topological polar surface area (TPSA) is 23.8 Å². The van der Waals surface area contributed by atoms with Gasteiger partial charge in [0.1, 0.15) is 0 Å². The first kappa shape index (κ1) is 26.5. The largest absolute Gasteiger partial charge is 2.00 e. The number of benzene rings is 2. The Bertz CT molecular complexity index is 706. The van der Waals surface area contributed by atoms with Crippen LogP contribution in [0.2, 0.25) is 0 Å². The number of unbranched alkanes of at least 4 members (excludes halogenated alkanes) is 1. The minimum Gasteiger partial charge on any atom is -0.677 e. The number of allylic oxidation sites excluding steroid dienone is 4. The molecule has 1 N–H and O–H groups in total. The van der Waals surface area contributed by atoms with E-state index in [1.54, 1.807) is 0 Å². The smallest absolute Gasteiger partial charge is 0.677 e. The van der Waals surface area contributed by atoms with E-state index in [1.807, 2.05) is 0 Å². The van der Waals surface area contributed by atoms with Gasteiger partial charge in [0.15, 0.2) is 0 Å². The number of hydrogen-bond donors (Lipinski definition) is 0. The molecule has 0 fully saturated rings. The number of nitrogens with one attached hydrogen (secondary N) is 1. The average molecular weight is 412 g/mol. The van der Waals surface area contributed by atoms with Crippen LogP contribution in [0.25, 0.3) is 22.1 Å². The molecular weight excluding hydrogens is 385 g/mol. The molecule has 0 unspecified atom stereocenters. The van der Waals surface area contributed by atoms with Crippen LogP contribution in [0.1, 0.15) is 44.2 Å². The van der Waals surface area contributed by atoms with E-state index in [4.69, 9.17) is 5.73 Å². The molecule has 0 bridgehead atoms. The number of rotatable bonds is 3. The third kappa shape index (κ3) is 7.21. The molecule has 0 atom stereocenters. The average Bonchev–Trinajstić information content (AvgIpc) is 2.96. The van der Waals surface area contributed by atoms with Crippen LogP contribution in [0.15, 0.2) is 54.1 Å². The first-order valence-corrected chi connectivity index (χ1v) is 8.03. The molecule has 3 rings (SSSR count). The fourth-order valence-electron chi connectivity index (χ4n) is 2.66. The molecule has 0 saturated carbocycles. The maximum atomic E-state index is 6.60. The van der Waals surface area contributed by atoms with Gasteiger partial charge in [-0.1, -0.05) is 72.7 Å². The molecule has 2 aromatic carbocycles. The van der Waals surface area contributed by atoms with Crippen molar-refractivity contribution in [2.75, 3.05) is 6.54 Å². The van der Waals surface area contributed by atoms with Crippen molar-refractivity contribution in [1.82, 2.24) is 0 Å². The Kier molecular flexibility index (Phi) is 14.3. The van der Waals surface area contributed by atoms with Gasteiger partial charge in [-0.3, -0.25) is 0 Å². The zero-order valence-electron chi connectivity index (χ0n) is 15.0. The van der Waals surface area contributed by atoms with Crippen molar-refractivity contribution in [2.24, 2.45) is 0 Å². The second-order valence-electron chi connectivity index (χ2n) is 5.74. The van der Waals surface area contributed by atoms with Crippen molar-refractivity contribution in [1.29, 1.82) is 0 Å². The minimum absolute atomic E-state index is 0. The summed E-state index contributed by atoms with van der Waals surface area (Å²) in [5.74, 6) is 0. The van der Waals surface area contributed by atoms with Crippen molar-refractivity contribution in [3.8, 4) is 0 Å². The fraction of sp³-hybridized carbons (Fsp3) is 0.286. The first-order chi connectivity index (χ1) is 10.7. The molecule has 2 aromatic rings. The van der Waals surface area contributed by atoms with Gasteiger partial charge < -0.3 is 5.73 Å². The van der Waals surface area contributed by atoms with Crippen molar-refractivity contribution in [3.63, 3.8) is 0 Å². The third-order valence-electron chi connectivity index (χ3n) is 3.96. The predicted molar refractivity (Wildman–Crippen MR) is 113 cm³/mol. The molecule has 0 spiro atoms. The summed E-state index contributed by atoms with van der Waals surface area (Å²) < 4.78 is 0. The first-order valence-electron chi connectivity index (χ1n) is 8.03. The van der Waals surface area contributed by atoms with Gasteiger partial charge in [0.2, 0.25) is 0 Å². The second-order valence-corrected chi connectivity index (χ2v) is 5.74. The maximum Gasteiger partial charge on any atom is 2.00 e. The zero-order chi connectivity index (χ0) is 15.9. The monoisotopic (exact) mass is 411 g/mol. The summed E-state index contributed by atoms with van der Waals surface area (Å²) in [6, 6.07) is 12.8. The van der Waals surface area contributed by atoms with Crippen LogP contribution < -0.4 is 0 Å². The number of fused-ring (bicyclic) bond motifs is 1. The van der Waals surface area contributed by atoms with Crippen LogP contribution in [0.4, 0.5) is 0 Å². The molecule has 1 aliphatic carbocycles. The van der Waals surface area contributed by atoms with Gasteiger partial charge in [-0.15, -0.1) is 47.9 Å². The van der Waals surface area contributed by atoms with Crippen molar-refractivity contribution < 1.29 is 21.7 Å². The van der Waals surface area contributed by atoms with Crippen molar-refractivity contribution in [3.05, 3.63) is 77.9 Å². The van der Waals surface area contributed by atoms with E-state index in [9.17, 15) is 0 Å². The molecule has 0 aromatic heterocycles. The van der Waals surface area contributed by atoms with Gasteiger partial charge in [-0.25, -0.2) is 0 Å². The van der Waals surface area contributed by atoms with Gasteiger partial charge >= 0.3 is 21.7 Å². The van der Waals surface area contributed by atoms with E-state index in [0.717, 1.165) is 24.8 Å². The van der Waals surface area contributed by atoms with Crippen molar-refractivity contribution in [2.45, 2.75) is 33.1 Å². The molecule has 0 radical (unpaired) electrons. The SMILES string of the molecule is CCCC[NH-].Cl.Cl.[CH2-]c1c(C2=CC(C)=CC2)ccc2ccccc12.[Ti+2]. The molecule has 0 aliphatic heterocycles. The van der Waals surface area contributed by atoms with E-state index in [-0.39, 0.29) is 46.5 Å². The Morgan fingerprint density at radius 3 is 2.28 bits per heavy atom. The van der Waals surface area contributed by atoms with Crippen LogP contribution >= 0.6 is 24.8 Å². The summed E-state index contributed by atoms with van der Waals surface area (Å²) >= 11 is 0. The standard InChI is InChI=1S/C17H15.C4H10N.2ClH.Ti/c1-12-7-8-15(11-12)17-10-9-14-5-3-4-6-16(14)13(17)2;1-2-3-4-5;;;/h3-7,9-11H,2,8H2,1H3;5H,2-4H2,1H3;2*1H;/q2*-1;;;+2. The summed E-state index contributed by atoms with van der Waals surface area (Å²) in [5, 5.41) is 2.53. The molecule has 0 saturated heterocycles. The second kappa shape index (κ2) is 13.5. The van der Waals surface area contributed by atoms with Crippen LogP contribution in [-0.4, -0.2) is 6.54 Å². The normalized spacial score (nSPS) is 11.8. The summed E-state index contributed by atoms with van der Waals surface area (Å²) in [4.78, 5) is 0. The van der Waals surface area contributed by atoms with Gasteiger partial charge in [-0.2, -0.15) is 19.0 Å². The van der Waals surface area contributed by atoms with Crippen LogP contribution in [0.3, 0.4) is 0 Å². The summed E-state index contributed by atoms with van der Waals surface area (Å²) in [6.07, 6.45) is 7.78. The van der Waals surface area contributed by atoms with E-state index in [1.165, 1.54) is 27.5 Å². The summed E-state index contributed by atoms with van der Waals surface area (Å²) in [7, 11) is 0. The Morgan fingerprint density at radius 1 is 1.08 bits per heavy atom. The van der Waals surface area contributed by atoms with Crippen molar-refractivity contribution >= 4 is 41.2 Å². The molecule has 0 heterocycles. The Labute approximate surface area is 179 Å². The molecule has 25 heavy (non-hydrogen) atoms. The predicted octanol–water partition coefficient (Wildman–Crippen LogP) is 7.44. The van der Waals surface area contributed by atoms with E-state index in [2.05, 4.69) is 69.3 Å². The van der Waals surface area contributed by atoms with Crippen LogP contribution in [-0.2, 0) is 21.7 Å². The third-order valence-corrected chi connectivity index (χ3v) is 3.96. The van der Waals surface area contributed by atoms with Gasteiger partial charge in [0, 0.05) is 0 Å². The van der Waals surface area contributed by atoms with Crippen LogP contribution in [0, 0.1) is 6.92 Å². The number of hydrogen-bond acceptors (Lipinski definition) is 0.